The van der Waals surface area contributed by atoms with Gasteiger partial charge in [0.25, 0.3) is 0 Å². The largest absolute Gasteiger partial charge is 0.243 e. The van der Waals surface area contributed by atoms with E-state index in [1.54, 1.807) is 36.4 Å². The average Bonchev–Trinajstić information content (AvgIpc) is 3.22. The van der Waals surface area contributed by atoms with Crippen LogP contribution in [-0.2, 0) is 16.4 Å². The van der Waals surface area contributed by atoms with E-state index in [0.29, 0.717) is 17.9 Å². The molecule has 2 atom stereocenters. The average molecular weight is 305 g/mol. The molecule has 1 heterocycles. The highest BCUT2D eigenvalue weighted by molar-refractivity contribution is 7.89. The van der Waals surface area contributed by atoms with Crippen molar-refractivity contribution in [2.45, 2.75) is 24.3 Å². The van der Waals surface area contributed by atoms with Crippen molar-refractivity contribution in [3.05, 3.63) is 65.5 Å². The fraction of sp³-hybridized carbons (Fsp3) is 0.250. The number of hydrogen-bond acceptors (Lipinski definition) is 2. The Kier molecular flexibility index (Phi) is 3.55. The van der Waals surface area contributed by atoms with E-state index in [2.05, 4.69) is 0 Å². The van der Waals surface area contributed by atoms with Crippen LogP contribution in [0.5, 0.6) is 0 Å². The van der Waals surface area contributed by atoms with E-state index in [9.17, 15) is 12.8 Å². The molecule has 0 radical (unpaired) electrons. The number of sulfonamides is 1. The molecule has 1 aliphatic heterocycles. The zero-order valence-electron chi connectivity index (χ0n) is 11.7. The zero-order chi connectivity index (χ0) is 15.0. The Morgan fingerprint density at radius 2 is 1.71 bits per heavy atom. The van der Waals surface area contributed by atoms with Crippen LogP contribution >= 0.6 is 0 Å². The van der Waals surface area contributed by atoms with Gasteiger partial charge in [-0.05, 0) is 43.2 Å². The normalized spacial score (nSPS) is 21.2. The highest BCUT2D eigenvalue weighted by Crippen LogP contribution is 2.30. The maximum Gasteiger partial charge on any atom is 0.243 e. The predicted octanol–water partition coefficient (Wildman–Crippen LogP) is 2.75. The summed E-state index contributed by atoms with van der Waals surface area (Å²) in [6.45, 7) is 2.44. The monoisotopic (exact) mass is 305 g/mol. The summed E-state index contributed by atoms with van der Waals surface area (Å²) in [6.07, 6.45) is 0.616. The van der Waals surface area contributed by atoms with Gasteiger partial charge in [-0.25, -0.2) is 12.8 Å². The number of halogens is 1. The van der Waals surface area contributed by atoms with Gasteiger partial charge in [0.1, 0.15) is 5.82 Å². The second-order valence-electron chi connectivity index (χ2n) is 5.37. The van der Waals surface area contributed by atoms with Gasteiger partial charge < -0.3 is 0 Å². The standard InChI is InChI=1S/C16H16FNO2S/c1-12-2-8-16(9-3-12)21(19,20)18-11-15(18)10-13-4-6-14(17)7-5-13/h2-9,15H,10-11H2,1H3. The number of hydrogen-bond donors (Lipinski definition) is 0. The number of nitrogens with zero attached hydrogens (tertiary/aromatic N) is 1. The Labute approximate surface area is 124 Å². The minimum absolute atomic E-state index is 0.0261. The summed E-state index contributed by atoms with van der Waals surface area (Å²) in [6, 6.07) is 13.0. The molecule has 3 nitrogen and oxygen atoms in total. The third-order valence-corrected chi connectivity index (χ3v) is 5.61. The Morgan fingerprint density at radius 3 is 2.33 bits per heavy atom. The lowest BCUT2D eigenvalue weighted by Crippen LogP contribution is -2.15. The Balaban J connectivity index is 1.72. The van der Waals surface area contributed by atoms with Crippen molar-refractivity contribution in [1.82, 2.24) is 4.31 Å². The summed E-state index contributed by atoms with van der Waals surface area (Å²) >= 11 is 0. The fourth-order valence-corrected chi connectivity index (χ4v) is 3.95. The van der Waals surface area contributed by atoms with Crippen LogP contribution in [0.1, 0.15) is 11.1 Å². The van der Waals surface area contributed by atoms with Gasteiger partial charge in [0.05, 0.1) is 4.90 Å². The van der Waals surface area contributed by atoms with E-state index < -0.39 is 10.0 Å². The van der Waals surface area contributed by atoms with Gasteiger partial charge >= 0.3 is 0 Å². The highest BCUT2D eigenvalue weighted by Gasteiger charge is 2.44. The molecule has 21 heavy (non-hydrogen) atoms. The maximum atomic E-state index is 12.9. The maximum absolute atomic E-state index is 12.9. The molecule has 0 spiro atoms. The quantitative estimate of drug-likeness (QED) is 0.815. The third kappa shape index (κ3) is 2.99. The van der Waals surface area contributed by atoms with Gasteiger partial charge in [-0.15, -0.1) is 0 Å². The number of rotatable bonds is 4. The molecule has 0 amide bonds. The van der Waals surface area contributed by atoms with Gasteiger partial charge in [-0.1, -0.05) is 29.8 Å². The molecule has 2 unspecified atom stereocenters. The van der Waals surface area contributed by atoms with Crippen molar-refractivity contribution in [2.75, 3.05) is 6.54 Å². The molecule has 1 fully saturated rings. The van der Waals surface area contributed by atoms with Crippen LogP contribution in [0.2, 0.25) is 0 Å². The van der Waals surface area contributed by atoms with Crippen LogP contribution in [0.25, 0.3) is 0 Å². The topological polar surface area (TPSA) is 37.1 Å². The molecule has 0 N–H and O–H groups in total. The second kappa shape index (κ2) is 5.24. The summed E-state index contributed by atoms with van der Waals surface area (Å²) in [4.78, 5) is 0.328. The van der Waals surface area contributed by atoms with Crippen LogP contribution in [0.15, 0.2) is 53.4 Å². The second-order valence-corrected chi connectivity index (χ2v) is 7.26. The van der Waals surface area contributed by atoms with Gasteiger partial charge in [0.2, 0.25) is 10.0 Å². The van der Waals surface area contributed by atoms with E-state index in [-0.39, 0.29) is 11.9 Å². The Morgan fingerprint density at radius 1 is 1.10 bits per heavy atom. The van der Waals surface area contributed by atoms with Crippen molar-refractivity contribution in [3.63, 3.8) is 0 Å². The van der Waals surface area contributed by atoms with Crippen molar-refractivity contribution < 1.29 is 12.8 Å². The third-order valence-electron chi connectivity index (χ3n) is 3.68. The van der Waals surface area contributed by atoms with Crippen molar-refractivity contribution in [2.24, 2.45) is 0 Å². The van der Waals surface area contributed by atoms with Crippen LogP contribution in [0, 0.1) is 12.7 Å². The first-order valence-electron chi connectivity index (χ1n) is 6.80. The zero-order valence-corrected chi connectivity index (χ0v) is 12.5. The lowest BCUT2D eigenvalue weighted by atomic mass is 10.1. The van der Waals surface area contributed by atoms with Gasteiger partial charge in [-0.3, -0.25) is 0 Å². The van der Waals surface area contributed by atoms with Crippen LogP contribution in [0.4, 0.5) is 4.39 Å². The molecule has 0 saturated carbocycles. The minimum Gasteiger partial charge on any atom is -0.207 e. The summed E-state index contributed by atoms with van der Waals surface area (Å²) in [7, 11) is -3.40. The molecule has 0 aliphatic carbocycles. The van der Waals surface area contributed by atoms with E-state index in [1.807, 2.05) is 6.92 Å². The van der Waals surface area contributed by atoms with E-state index in [4.69, 9.17) is 0 Å². The molecule has 0 bridgehead atoms. The lowest BCUT2D eigenvalue weighted by molar-refractivity contribution is 0.551. The van der Waals surface area contributed by atoms with Crippen LogP contribution in [0.3, 0.4) is 0 Å². The first kappa shape index (κ1) is 14.2. The highest BCUT2D eigenvalue weighted by atomic mass is 32.2. The molecule has 3 rings (SSSR count). The molecule has 1 aliphatic rings. The lowest BCUT2D eigenvalue weighted by Gasteiger charge is -2.07. The molecular weight excluding hydrogens is 289 g/mol. The smallest absolute Gasteiger partial charge is 0.207 e. The van der Waals surface area contributed by atoms with Crippen molar-refractivity contribution >= 4 is 10.0 Å². The van der Waals surface area contributed by atoms with Gasteiger partial charge in [0.15, 0.2) is 0 Å². The molecule has 5 heteroatoms. The summed E-state index contributed by atoms with van der Waals surface area (Å²) < 4.78 is 39.2. The van der Waals surface area contributed by atoms with Gasteiger partial charge in [-0.2, -0.15) is 4.31 Å². The van der Waals surface area contributed by atoms with Crippen molar-refractivity contribution in [1.29, 1.82) is 0 Å². The Hall–Kier alpha value is -1.72. The fourth-order valence-electron chi connectivity index (χ4n) is 2.36. The van der Waals surface area contributed by atoms with Crippen LogP contribution < -0.4 is 0 Å². The Bertz CT molecular complexity index is 739. The number of aryl methyl sites for hydroxylation is 1. The number of benzene rings is 2. The SMILES string of the molecule is Cc1ccc(S(=O)(=O)N2CC2Cc2ccc(F)cc2)cc1. The summed E-state index contributed by atoms with van der Waals surface area (Å²) in [5.74, 6) is -0.279. The predicted molar refractivity (Wildman–Crippen MR) is 79.0 cm³/mol. The molecular formula is C16H16FNO2S. The molecule has 2 aromatic rings. The van der Waals surface area contributed by atoms with Gasteiger partial charge in [0, 0.05) is 12.6 Å². The van der Waals surface area contributed by atoms with Crippen LogP contribution in [-0.4, -0.2) is 25.3 Å². The summed E-state index contributed by atoms with van der Waals surface area (Å²) in [5, 5.41) is 0. The van der Waals surface area contributed by atoms with Crippen molar-refractivity contribution in [3.8, 4) is 0 Å². The molecule has 0 aromatic heterocycles. The minimum atomic E-state index is -3.40. The summed E-state index contributed by atoms with van der Waals surface area (Å²) in [5.41, 5.74) is 1.98. The molecule has 2 aromatic carbocycles. The first-order chi connectivity index (χ1) is 9.96. The molecule has 1 saturated heterocycles. The van der Waals surface area contributed by atoms with E-state index in [1.165, 1.54) is 16.4 Å². The van der Waals surface area contributed by atoms with E-state index >= 15 is 0 Å². The first-order valence-corrected chi connectivity index (χ1v) is 8.24. The molecule has 110 valence electrons. The van der Waals surface area contributed by atoms with E-state index in [0.717, 1.165) is 11.1 Å².